The highest BCUT2D eigenvalue weighted by Crippen LogP contribution is 2.31. The van der Waals surface area contributed by atoms with Crippen LogP contribution in [0, 0.1) is 0 Å². The maximum atomic E-state index is 8.44. The number of unbranched alkanes of at least 4 members (excludes halogenated alkanes) is 2. The third-order valence-electron chi connectivity index (χ3n) is 4.94. The van der Waals surface area contributed by atoms with Gasteiger partial charge < -0.3 is 15.0 Å². The fourth-order valence-corrected chi connectivity index (χ4v) is 5.37. The summed E-state index contributed by atoms with van der Waals surface area (Å²) >= 11 is 0. The van der Waals surface area contributed by atoms with Crippen molar-refractivity contribution in [3.8, 4) is 0 Å². The van der Waals surface area contributed by atoms with Crippen molar-refractivity contribution < 1.29 is 15.0 Å². The molecule has 0 unspecified atom stereocenters. The lowest BCUT2D eigenvalue weighted by molar-refractivity contribution is -0.275. The Balaban J connectivity index is 0.000000785. The molecule has 1 N–H and O–H groups in total. The van der Waals surface area contributed by atoms with Crippen LogP contribution in [0.5, 0.6) is 0 Å². The summed E-state index contributed by atoms with van der Waals surface area (Å²) in [5, 5.41) is 15.3. The first-order valence-electron chi connectivity index (χ1n) is 10.9. The molecule has 0 aliphatic rings. The SMILES string of the molecule is CCCCc1ccc([S+](c2ccccc2)c2ccc(CCCC)cc2)cc1.O=C([O-])O. The van der Waals surface area contributed by atoms with Crippen molar-refractivity contribution in [3.63, 3.8) is 0 Å². The molecular weight excluding hydrogens is 404 g/mol. The van der Waals surface area contributed by atoms with Crippen molar-refractivity contribution in [1.29, 1.82) is 0 Å². The molecule has 0 saturated heterocycles. The molecule has 3 aromatic rings. The van der Waals surface area contributed by atoms with E-state index in [1.54, 1.807) is 0 Å². The highest BCUT2D eigenvalue weighted by molar-refractivity contribution is 7.97. The zero-order valence-corrected chi connectivity index (χ0v) is 19.2. The van der Waals surface area contributed by atoms with Gasteiger partial charge in [-0.05, 0) is 73.2 Å². The van der Waals surface area contributed by atoms with Crippen LogP contribution >= 0.6 is 0 Å². The van der Waals surface area contributed by atoms with E-state index in [1.807, 2.05) is 0 Å². The maximum Gasteiger partial charge on any atom is 0.249 e. The van der Waals surface area contributed by atoms with Crippen LogP contribution in [0.25, 0.3) is 0 Å². The minimum Gasteiger partial charge on any atom is -0.565 e. The van der Waals surface area contributed by atoms with E-state index in [1.165, 1.54) is 64.3 Å². The van der Waals surface area contributed by atoms with Crippen LogP contribution in [-0.4, -0.2) is 11.3 Å². The number of rotatable bonds is 9. The lowest BCUT2D eigenvalue weighted by atomic mass is 10.1. The second-order valence-electron chi connectivity index (χ2n) is 7.38. The monoisotopic (exact) mass is 436 g/mol. The predicted octanol–water partition coefficient (Wildman–Crippen LogP) is 6.35. The average molecular weight is 437 g/mol. The summed E-state index contributed by atoms with van der Waals surface area (Å²) in [5.41, 5.74) is 2.90. The molecule has 0 aromatic heterocycles. The Labute approximate surface area is 189 Å². The van der Waals surface area contributed by atoms with E-state index in [9.17, 15) is 0 Å². The normalized spacial score (nSPS) is 10.4. The molecule has 31 heavy (non-hydrogen) atoms. The topological polar surface area (TPSA) is 60.4 Å². The minimum atomic E-state index is -2.08. The van der Waals surface area contributed by atoms with Gasteiger partial charge in [0.1, 0.15) is 0 Å². The Morgan fingerprint density at radius 3 is 1.42 bits per heavy atom. The van der Waals surface area contributed by atoms with Gasteiger partial charge in [0.2, 0.25) is 6.16 Å². The number of hydrogen-bond acceptors (Lipinski definition) is 2. The van der Waals surface area contributed by atoms with Gasteiger partial charge in [-0.15, -0.1) is 0 Å². The molecule has 0 aliphatic carbocycles. The van der Waals surface area contributed by atoms with E-state index in [-0.39, 0.29) is 10.9 Å². The first-order valence-corrected chi connectivity index (χ1v) is 12.1. The summed E-state index contributed by atoms with van der Waals surface area (Å²) in [6.45, 7) is 4.51. The molecule has 0 saturated carbocycles. The molecular formula is C27H32O3S. The molecule has 0 atom stereocenters. The lowest BCUT2D eigenvalue weighted by Gasteiger charge is -2.09. The van der Waals surface area contributed by atoms with Crippen LogP contribution in [0.15, 0.2) is 93.5 Å². The van der Waals surface area contributed by atoms with Gasteiger partial charge in [0.05, 0.1) is 10.9 Å². The van der Waals surface area contributed by atoms with E-state index in [0.717, 1.165) is 0 Å². The van der Waals surface area contributed by atoms with Gasteiger partial charge in [-0.25, -0.2) is 0 Å². The summed E-state index contributed by atoms with van der Waals surface area (Å²) in [4.78, 5) is 12.6. The first kappa shape index (κ1) is 24.5. The summed E-state index contributed by atoms with van der Waals surface area (Å²) in [7, 11) is -0.0426. The number of hydrogen-bond donors (Lipinski definition) is 1. The van der Waals surface area contributed by atoms with E-state index in [0.29, 0.717) is 0 Å². The molecule has 0 aliphatic heterocycles. The van der Waals surface area contributed by atoms with Crippen molar-refractivity contribution in [2.24, 2.45) is 0 Å². The van der Waals surface area contributed by atoms with Gasteiger partial charge >= 0.3 is 0 Å². The maximum absolute atomic E-state index is 8.44. The largest absolute Gasteiger partial charge is 0.565 e. The molecule has 0 heterocycles. The Morgan fingerprint density at radius 2 is 1.06 bits per heavy atom. The van der Waals surface area contributed by atoms with Crippen molar-refractivity contribution >= 4 is 17.1 Å². The molecule has 164 valence electrons. The fourth-order valence-electron chi connectivity index (χ4n) is 3.31. The number of carboxylic acid groups (broad SMARTS) is 2. The standard InChI is InChI=1S/C26H31S.CH2O3/c1-3-5-10-22-14-18-25(19-15-22)27(24-12-8-7-9-13-24)26-20-16-23(17-21-26)11-6-4-2;2-1(3)4/h7-9,12-21H,3-6,10-11H2,1-2H3;(H2,2,3,4)/q+1;/p-1. The quantitative estimate of drug-likeness (QED) is 0.397. The molecule has 0 amide bonds. The highest BCUT2D eigenvalue weighted by atomic mass is 32.2. The molecule has 0 bridgehead atoms. The van der Waals surface area contributed by atoms with Gasteiger partial charge in [0.15, 0.2) is 14.7 Å². The second-order valence-corrected chi connectivity index (χ2v) is 9.41. The van der Waals surface area contributed by atoms with Gasteiger partial charge in [-0.3, -0.25) is 0 Å². The third kappa shape index (κ3) is 8.50. The first-order chi connectivity index (χ1) is 15.0. The second kappa shape index (κ2) is 13.6. The van der Waals surface area contributed by atoms with Crippen LogP contribution in [-0.2, 0) is 23.7 Å². The Bertz CT molecular complexity index is 835. The molecule has 0 fully saturated rings. The van der Waals surface area contributed by atoms with E-state index in [2.05, 4.69) is 92.7 Å². The zero-order chi connectivity index (χ0) is 22.5. The summed E-state index contributed by atoms with van der Waals surface area (Å²) in [6.07, 6.45) is 5.32. The van der Waals surface area contributed by atoms with Crippen LogP contribution in [0.4, 0.5) is 4.79 Å². The number of benzene rings is 3. The van der Waals surface area contributed by atoms with E-state index < -0.39 is 6.16 Å². The zero-order valence-electron chi connectivity index (χ0n) is 18.4. The van der Waals surface area contributed by atoms with Crippen LogP contribution in [0.1, 0.15) is 50.7 Å². The van der Waals surface area contributed by atoms with Crippen LogP contribution in [0.3, 0.4) is 0 Å². The minimum absolute atomic E-state index is 0.0426. The molecule has 3 rings (SSSR count). The molecule has 0 spiro atoms. The summed E-state index contributed by atoms with van der Waals surface area (Å²) in [6, 6.07) is 29.6. The van der Waals surface area contributed by atoms with Crippen molar-refractivity contribution in [2.45, 2.75) is 67.1 Å². The number of aryl methyl sites for hydroxylation is 2. The van der Waals surface area contributed by atoms with Gasteiger partial charge in [0.25, 0.3) is 0 Å². The smallest absolute Gasteiger partial charge is 0.249 e. The molecule has 4 heteroatoms. The van der Waals surface area contributed by atoms with Crippen LogP contribution in [0.2, 0.25) is 0 Å². The fraction of sp³-hybridized carbons (Fsp3) is 0.296. The Hall–Kier alpha value is -2.72. The summed E-state index contributed by atoms with van der Waals surface area (Å²) in [5.74, 6) is 0. The van der Waals surface area contributed by atoms with Crippen LogP contribution < -0.4 is 5.11 Å². The highest BCUT2D eigenvalue weighted by Gasteiger charge is 2.28. The molecule has 0 radical (unpaired) electrons. The summed E-state index contributed by atoms with van der Waals surface area (Å²) < 4.78 is 0. The van der Waals surface area contributed by atoms with Gasteiger partial charge in [-0.1, -0.05) is 69.2 Å². The van der Waals surface area contributed by atoms with Crippen molar-refractivity contribution in [3.05, 3.63) is 90.0 Å². The van der Waals surface area contributed by atoms with Crippen molar-refractivity contribution in [2.75, 3.05) is 0 Å². The van der Waals surface area contributed by atoms with E-state index in [4.69, 9.17) is 15.0 Å². The van der Waals surface area contributed by atoms with Gasteiger partial charge in [-0.2, -0.15) is 0 Å². The van der Waals surface area contributed by atoms with Gasteiger partial charge in [0, 0.05) is 0 Å². The van der Waals surface area contributed by atoms with Crippen molar-refractivity contribution in [1.82, 2.24) is 0 Å². The molecule has 3 nitrogen and oxygen atoms in total. The molecule has 3 aromatic carbocycles. The number of carbonyl (C=O) groups is 1. The Morgan fingerprint density at radius 1 is 0.710 bits per heavy atom. The Kier molecular flexibility index (Phi) is 10.7. The lowest BCUT2D eigenvalue weighted by Crippen LogP contribution is -2.17. The third-order valence-corrected chi connectivity index (χ3v) is 7.17. The average Bonchev–Trinajstić information content (AvgIpc) is 2.78. The van der Waals surface area contributed by atoms with E-state index >= 15 is 0 Å². The predicted molar refractivity (Wildman–Crippen MR) is 127 cm³/mol.